The lowest BCUT2D eigenvalue weighted by Gasteiger charge is -2.26. The van der Waals surface area contributed by atoms with Crippen molar-refractivity contribution in [1.82, 2.24) is 0 Å². The summed E-state index contributed by atoms with van der Waals surface area (Å²) < 4.78 is 13.3. The van der Waals surface area contributed by atoms with Crippen molar-refractivity contribution in [2.45, 2.75) is 18.4 Å². The summed E-state index contributed by atoms with van der Waals surface area (Å²) in [5.41, 5.74) is 9.24. The van der Waals surface area contributed by atoms with E-state index in [0.29, 0.717) is 0 Å². The van der Waals surface area contributed by atoms with Gasteiger partial charge in [-0.25, -0.2) is 4.39 Å². The van der Waals surface area contributed by atoms with Gasteiger partial charge in [-0.3, -0.25) is 0 Å². The van der Waals surface area contributed by atoms with Gasteiger partial charge in [0.1, 0.15) is 5.82 Å². The quantitative estimate of drug-likeness (QED) is 0.796. The largest absolute Gasteiger partial charge is 0.318 e. The molecule has 1 unspecified atom stereocenters. The zero-order chi connectivity index (χ0) is 11.9. The van der Waals surface area contributed by atoms with Crippen LogP contribution in [0.5, 0.6) is 0 Å². The molecule has 0 bridgehead atoms. The van der Waals surface area contributed by atoms with Crippen LogP contribution in [0.4, 0.5) is 4.39 Å². The number of aryl methyl sites for hydroxylation is 1. The third-order valence-electron chi connectivity index (χ3n) is 3.63. The zero-order valence-corrected chi connectivity index (χ0v) is 9.49. The Hall–Kier alpha value is -1.67. The molecule has 0 heterocycles. The van der Waals surface area contributed by atoms with Gasteiger partial charge in [-0.1, -0.05) is 36.4 Å². The number of rotatable bonds is 1. The number of benzene rings is 2. The molecule has 86 valence electrons. The zero-order valence-electron chi connectivity index (χ0n) is 9.49. The Morgan fingerprint density at radius 1 is 1.06 bits per heavy atom. The van der Waals surface area contributed by atoms with Gasteiger partial charge in [0.2, 0.25) is 0 Å². The Bertz CT molecular complexity index is 564. The molecule has 2 aromatic rings. The minimum Gasteiger partial charge on any atom is -0.318 e. The molecule has 0 fully saturated rings. The Labute approximate surface area is 100 Å². The van der Waals surface area contributed by atoms with Crippen molar-refractivity contribution in [3.63, 3.8) is 0 Å². The van der Waals surface area contributed by atoms with E-state index in [0.717, 1.165) is 24.0 Å². The normalized spacial score (nSPS) is 22.5. The molecule has 0 amide bonds. The predicted octanol–water partition coefficient (Wildman–Crippen LogP) is 2.97. The van der Waals surface area contributed by atoms with Crippen LogP contribution < -0.4 is 5.73 Å². The fourth-order valence-electron chi connectivity index (χ4n) is 2.71. The van der Waals surface area contributed by atoms with E-state index < -0.39 is 5.54 Å². The summed E-state index contributed by atoms with van der Waals surface area (Å²) in [6.45, 7) is 0. The summed E-state index contributed by atoms with van der Waals surface area (Å²) in [4.78, 5) is 0. The van der Waals surface area contributed by atoms with E-state index in [-0.39, 0.29) is 5.82 Å². The number of halogens is 1. The maximum absolute atomic E-state index is 13.3. The summed E-state index contributed by atoms with van der Waals surface area (Å²) >= 11 is 0. The average Bonchev–Trinajstić information content (AvgIpc) is 2.69. The van der Waals surface area contributed by atoms with Crippen molar-refractivity contribution in [2.24, 2.45) is 5.73 Å². The SMILES string of the molecule is NC1(c2cccc(F)c2)CCc2ccccc21. The number of nitrogens with two attached hydrogens (primary N) is 1. The summed E-state index contributed by atoms with van der Waals surface area (Å²) in [5, 5.41) is 0. The Morgan fingerprint density at radius 3 is 2.71 bits per heavy atom. The lowest BCUT2D eigenvalue weighted by Crippen LogP contribution is -2.35. The van der Waals surface area contributed by atoms with Crippen LogP contribution in [-0.2, 0) is 12.0 Å². The van der Waals surface area contributed by atoms with E-state index in [1.165, 1.54) is 11.6 Å². The highest BCUT2D eigenvalue weighted by atomic mass is 19.1. The molecule has 17 heavy (non-hydrogen) atoms. The molecule has 2 aromatic carbocycles. The van der Waals surface area contributed by atoms with Gasteiger partial charge in [-0.05, 0) is 41.7 Å². The maximum Gasteiger partial charge on any atom is 0.123 e. The van der Waals surface area contributed by atoms with Crippen molar-refractivity contribution in [1.29, 1.82) is 0 Å². The molecule has 2 N–H and O–H groups in total. The fraction of sp³-hybridized carbons (Fsp3) is 0.200. The second-order valence-corrected chi connectivity index (χ2v) is 4.64. The smallest absolute Gasteiger partial charge is 0.123 e. The number of fused-ring (bicyclic) bond motifs is 1. The van der Waals surface area contributed by atoms with Gasteiger partial charge in [0.25, 0.3) is 0 Å². The molecule has 1 aliphatic rings. The van der Waals surface area contributed by atoms with Crippen LogP contribution in [0.15, 0.2) is 48.5 Å². The third-order valence-corrected chi connectivity index (χ3v) is 3.63. The van der Waals surface area contributed by atoms with Gasteiger partial charge in [0.05, 0.1) is 5.54 Å². The summed E-state index contributed by atoms with van der Waals surface area (Å²) in [6, 6.07) is 14.8. The van der Waals surface area contributed by atoms with Gasteiger partial charge in [0.15, 0.2) is 0 Å². The molecule has 0 aliphatic heterocycles. The molecular weight excluding hydrogens is 213 g/mol. The summed E-state index contributed by atoms with van der Waals surface area (Å²) in [6.07, 6.45) is 1.80. The molecule has 2 heteroatoms. The Balaban J connectivity index is 2.15. The molecule has 0 saturated heterocycles. The molecule has 1 aliphatic carbocycles. The van der Waals surface area contributed by atoms with Gasteiger partial charge in [0, 0.05) is 0 Å². The number of hydrogen-bond donors (Lipinski definition) is 1. The lowest BCUT2D eigenvalue weighted by molar-refractivity contribution is 0.527. The molecule has 0 aromatic heterocycles. The summed E-state index contributed by atoms with van der Waals surface area (Å²) in [7, 11) is 0. The first-order chi connectivity index (χ1) is 8.20. The van der Waals surface area contributed by atoms with E-state index in [2.05, 4.69) is 6.07 Å². The molecule has 1 atom stereocenters. The molecule has 0 spiro atoms. The van der Waals surface area contributed by atoms with Crippen molar-refractivity contribution < 1.29 is 4.39 Å². The average molecular weight is 227 g/mol. The van der Waals surface area contributed by atoms with Crippen LogP contribution >= 0.6 is 0 Å². The fourth-order valence-corrected chi connectivity index (χ4v) is 2.71. The van der Waals surface area contributed by atoms with Gasteiger partial charge >= 0.3 is 0 Å². The third kappa shape index (κ3) is 1.56. The van der Waals surface area contributed by atoms with Gasteiger partial charge in [-0.2, -0.15) is 0 Å². The Kier molecular flexibility index (Phi) is 2.26. The van der Waals surface area contributed by atoms with Crippen LogP contribution in [0.3, 0.4) is 0 Å². The molecule has 1 nitrogen and oxygen atoms in total. The molecule has 0 saturated carbocycles. The maximum atomic E-state index is 13.3. The van der Waals surface area contributed by atoms with Crippen molar-refractivity contribution in [3.05, 3.63) is 71.0 Å². The van der Waals surface area contributed by atoms with Crippen LogP contribution in [-0.4, -0.2) is 0 Å². The first-order valence-electron chi connectivity index (χ1n) is 5.83. The molecule has 0 radical (unpaired) electrons. The molecular formula is C15H14FN. The van der Waals surface area contributed by atoms with E-state index in [1.54, 1.807) is 12.1 Å². The van der Waals surface area contributed by atoms with Crippen molar-refractivity contribution in [2.75, 3.05) is 0 Å². The van der Waals surface area contributed by atoms with Gasteiger partial charge in [-0.15, -0.1) is 0 Å². The highest BCUT2D eigenvalue weighted by Gasteiger charge is 2.36. The van der Waals surface area contributed by atoms with E-state index >= 15 is 0 Å². The standard InChI is InChI=1S/C15H14FN/c16-13-6-3-5-12(10-13)15(17)9-8-11-4-1-2-7-14(11)15/h1-7,10H,8-9,17H2. The van der Waals surface area contributed by atoms with Gasteiger partial charge < -0.3 is 5.73 Å². The monoisotopic (exact) mass is 227 g/mol. The van der Waals surface area contributed by atoms with Crippen LogP contribution in [0.1, 0.15) is 23.1 Å². The van der Waals surface area contributed by atoms with E-state index in [1.807, 2.05) is 24.3 Å². The second kappa shape index (κ2) is 3.67. The highest BCUT2D eigenvalue weighted by Crippen LogP contribution is 2.39. The highest BCUT2D eigenvalue weighted by molar-refractivity contribution is 5.46. The topological polar surface area (TPSA) is 26.0 Å². The van der Waals surface area contributed by atoms with E-state index in [9.17, 15) is 4.39 Å². The minimum atomic E-state index is -0.529. The van der Waals surface area contributed by atoms with Crippen molar-refractivity contribution >= 4 is 0 Å². The Morgan fingerprint density at radius 2 is 1.88 bits per heavy atom. The first kappa shape index (κ1) is 10.5. The first-order valence-corrected chi connectivity index (χ1v) is 5.83. The van der Waals surface area contributed by atoms with Crippen LogP contribution in [0, 0.1) is 5.82 Å². The summed E-state index contributed by atoms with van der Waals surface area (Å²) in [5.74, 6) is -0.225. The minimum absolute atomic E-state index is 0.225. The van der Waals surface area contributed by atoms with Crippen LogP contribution in [0.2, 0.25) is 0 Å². The second-order valence-electron chi connectivity index (χ2n) is 4.64. The van der Waals surface area contributed by atoms with E-state index in [4.69, 9.17) is 5.73 Å². The number of hydrogen-bond acceptors (Lipinski definition) is 1. The van der Waals surface area contributed by atoms with Crippen LogP contribution in [0.25, 0.3) is 0 Å². The molecule has 3 rings (SSSR count). The lowest BCUT2D eigenvalue weighted by atomic mass is 9.85. The predicted molar refractivity (Wildman–Crippen MR) is 66.1 cm³/mol. The van der Waals surface area contributed by atoms with Crippen molar-refractivity contribution in [3.8, 4) is 0 Å².